The number of amides is 2. The number of aryl methyl sites for hydroxylation is 1. The molecule has 0 aromatic heterocycles. The van der Waals surface area contributed by atoms with Crippen molar-refractivity contribution < 1.29 is 18.0 Å². The summed E-state index contributed by atoms with van der Waals surface area (Å²) in [6.07, 6.45) is 5.81. The van der Waals surface area contributed by atoms with Crippen LogP contribution in [0.3, 0.4) is 0 Å². The van der Waals surface area contributed by atoms with E-state index in [0.717, 1.165) is 50.8 Å². The number of hydrogen-bond donors (Lipinski definition) is 1. The summed E-state index contributed by atoms with van der Waals surface area (Å²) in [7, 11) is -3.42. The van der Waals surface area contributed by atoms with Crippen LogP contribution in [0.5, 0.6) is 0 Å². The Morgan fingerprint density at radius 1 is 0.848 bits per heavy atom. The van der Waals surface area contributed by atoms with Gasteiger partial charge in [-0.2, -0.15) is 4.31 Å². The zero-order chi connectivity index (χ0) is 23.3. The van der Waals surface area contributed by atoms with Crippen molar-refractivity contribution in [1.82, 2.24) is 9.21 Å². The molecular weight excluding hydrogens is 438 g/mol. The van der Waals surface area contributed by atoms with Gasteiger partial charge in [0, 0.05) is 43.9 Å². The molecule has 0 saturated carbocycles. The van der Waals surface area contributed by atoms with E-state index < -0.39 is 10.0 Å². The first-order valence-corrected chi connectivity index (χ1v) is 13.2. The van der Waals surface area contributed by atoms with E-state index in [-0.39, 0.29) is 18.2 Å². The van der Waals surface area contributed by atoms with E-state index in [0.29, 0.717) is 35.7 Å². The number of piperidine rings is 1. The molecule has 0 spiro atoms. The van der Waals surface area contributed by atoms with Crippen LogP contribution < -0.4 is 5.32 Å². The summed E-state index contributed by atoms with van der Waals surface area (Å²) in [6.45, 7) is 2.73. The van der Waals surface area contributed by atoms with Crippen molar-refractivity contribution in [1.29, 1.82) is 0 Å². The van der Waals surface area contributed by atoms with E-state index in [1.54, 1.807) is 48.5 Å². The second-order valence-corrected chi connectivity index (χ2v) is 10.7. The van der Waals surface area contributed by atoms with Crippen LogP contribution in [-0.4, -0.2) is 55.6 Å². The van der Waals surface area contributed by atoms with Gasteiger partial charge in [0.2, 0.25) is 15.9 Å². The summed E-state index contributed by atoms with van der Waals surface area (Å²) in [5, 5.41) is 2.87. The van der Waals surface area contributed by atoms with Gasteiger partial charge in [-0.3, -0.25) is 9.59 Å². The van der Waals surface area contributed by atoms with Crippen LogP contribution in [0.2, 0.25) is 0 Å². The summed E-state index contributed by atoms with van der Waals surface area (Å²) >= 11 is 0. The maximum Gasteiger partial charge on any atom is 0.253 e. The Bertz CT molecular complexity index is 1090. The number of nitrogens with one attached hydrogen (secondary N) is 1. The molecule has 176 valence electrons. The van der Waals surface area contributed by atoms with Crippen LogP contribution in [0.15, 0.2) is 53.4 Å². The number of anilines is 1. The number of benzene rings is 2. The molecule has 2 aromatic carbocycles. The lowest BCUT2D eigenvalue weighted by Crippen LogP contribution is -2.35. The topological polar surface area (TPSA) is 86.8 Å². The number of likely N-dealkylation sites (tertiary alicyclic amines) is 1. The average Bonchev–Trinajstić information content (AvgIpc) is 3.39. The highest BCUT2D eigenvalue weighted by Crippen LogP contribution is 2.22. The van der Waals surface area contributed by atoms with Crippen LogP contribution >= 0.6 is 0 Å². The third-order valence-electron chi connectivity index (χ3n) is 6.30. The molecule has 0 aliphatic carbocycles. The van der Waals surface area contributed by atoms with E-state index in [1.807, 2.05) is 4.90 Å². The van der Waals surface area contributed by atoms with Gasteiger partial charge in [0.05, 0.1) is 4.90 Å². The average molecular weight is 470 g/mol. The summed E-state index contributed by atoms with van der Waals surface area (Å²) in [4.78, 5) is 27.3. The molecule has 0 unspecified atom stereocenters. The number of carbonyl (C=O) groups is 2. The molecule has 1 N–H and O–H groups in total. The Labute approximate surface area is 195 Å². The van der Waals surface area contributed by atoms with E-state index in [2.05, 4.69) is 5.32 Å². The van der Waals surface area contributed by atoms with E-state index in [9.17, 15) is 18.0 Å². The lowest BCUT2D eigenvalue weighted by molar-refractivity contribution is -0.116. The zero-order valence-corrected chi connectivity index (χ0v) is 19.6. The van der Waals surface area contributed by atoms with Crippen molar-refractivity contribution in [3.8, 4) is 0 Å². The fraction of sp³-hybridized carbons (Fsp3) is 0.440. The minimum Gasteiger partial charge on any atom is -0.339 e. The molecule has 0 atom stereocenters. The second-order valence-electron chi connectivity index (χ2n) is 8.74. The van der Waals surface area contributed by atoms with Crippen LogP contribution in [0.1, 0.15) is 54.4 Å². The van der Waals surface area contributed by atoms with Crippen molar-refractivity contribution >= 4 is 27.5 Å². The number of hydrogen-bond acceptors (Lipinski definition) is 4. The molecule has 33 heavy (non-hydrogen) atoms. The molecular formula is C25H31N3O4S. The molecule has 8 heteroatoms. The summed E-state index contributed by atoms with van der Waals surface area (Å²) < 4.78 is 26.8. The molecule has 2 aromatic rings. The predicted molar refractivity (Wildman–Crippen MR) is 128 cm³/mol. The van der Waals surface area contributed by atoms with Crippen molar-refractivity contribution in [3.63, 3.8) is 0 Å². The molecule has 0 bridgehead atoms. The molecule has 4 rings (SSSR count). The predicted octanol–water partition coefficient (Wildman–Crippen LogP) is 3.67. The van der Waals surface area contributed by atoms with Gasteiger partial charge < -0.3 is 10.2 Å². The fourth-order valence-corrected chi connectivity index (χ4v) is 5.91. The molecule has 7 nitrogen and oxygen atoms in total. The van der Waals surface area contributed by atoms with Crippen LogP contribution in [-0.2, 0) is 21.2 Å². The zero-order valence-electron chi connectivity index (χ0n) is 18.8. The van der Waals surface area contributed by atoms with Gasteiger partial charge in [-0.15, -0.1) is 0 Å². The monoisotopic (exact) mass is 469 g/mol. The molecule has 2 aliphatic heterocycles. The lowest BCUT2D eigenvalue weighted by Gasteiger charge is -2.26. The van der Waals surface area contributed by atoms with Gasteiger partial charge in [0.15, 0.2) is 0 Å². The highest BCUT2D eigenvalue weighted by Gasteiger charge is 2.27. The molecule has 2 saturated heterocycles. The van der Waals surface area contributed by atoms with Crippen molar-refractivity contribution in [3.05, 3.63) is 59.7 Å². The summed E-state index contributed by atoms with van der Waals surface area (Å²) in [5.74, 6) is -0.138. The third kappa shape index (κ3) is 5.81. The van der Waals surface area contributed by atoms with Crippen molar-refractivity contribution in [2.75, 3.05) is 31.5 Å². The Balaban J connectivity index is 1.31. The quantitative estimate of drug-likeness (QED) is 0.670. The maximum absolute atomic E-state index is 12.7. The van der Waals surface area contributed by atoms with Crippen LogP contribution in [0.4, 0.5) is 5.69 Å². The first-order chi connectivity index (χ1) is 15.9. The molecule has 2 fully saturated rings. The van der Waals surface area contributed by atoms with Crippen LogP contribution in [0.25, 0.3) is 0 Å². The smallest absolute Gasteiger partial charge is 0.253 e. The minimum absolute atomic E-state index is 0.00905. The van der Waals surface area contributed by atoms with Crippen molar-refractivity contribution in [2.45, 2.75) is 49.8 Å². The van der Waals surface area contributed by atoms with Crippen LogP contribution in [0, 0.1) is 0 Å². The molecule has 2 heterocycles. The lowest BCUT2D eigenvalue weighted by atomic mass is 10.1. The van der Waals surface area contributed by atoms with Gasteiger partial charge in [-0.1, -0.05) is 18.2 Å². The number of rotatable bonds is 7. The molecule has 2 aliphatic rings. The Hall–Kier alpha value is -2.71. The normalized spacial score (nSPS) is 17.2. The Morgan fingerprint density at radius 2 is 1.52 bits per heavy atom. The van der Waals surface area contributed by atoms with Gasteiger partial charge in [-0.25, -0.2) is 8.42 Å². The first-order valence-electron chi connectivity index (χ1n) is 11.7. The van der Waals surface area contributed by atoms with Gasteiger partial charge in [0.1, 0.15) is 0 Å². The van der Waals surface area contributed by atoms with Crippen molar-refractivity contribution in [2.24, 2.45) is 0 Å². The standard InChI is InChI=1S/C25H31N3O4S/c29-24(26-22-8-6-7-21(19-22)25(30)27-15-2-1-3-16-27)14-11-20-9-12-23(13-10-20)33(31,32)28-17-4-5-18-28/h6-10,12-13,19H,1-5,11,14-18H2,(H,26,29). The van der Waals surface area contributed by atoms with E-state index in [1.165, 1.54) is 4.31 Å². The SMILES string of the molecule is O=C(CCc1ccc(S(=O)(=O)N2CCCC2)cc1)Nc1cccc(C(=O)N2CCCCC2)c1. The number of nitrogens with zero attached hydrogens (tertiary/aromatic N) is 2. The fourth-order valence-electron chi connectivity index (χ4n) is 4.40. The largest absolute Gasteiger partial charge is 0.339 e. The van der Waals surface area contributed by atoms with Gasteiger partial charge >= 0.3 is 0 Å². The highest BCUT2D eigenvalue weighted by atomic mass is 32.2. The Morgan fingerprint density at radius 3 is 2.21 bits per heavy atom. The molecule has 2 amide bonds. The Kier molecular flexibility index (Phi) is 7.45. The molecule has 0 radical (unpaired) electrons. The maximum atomic E-state index is 12.7. The highest BCUT2D eigenvalue weighted by molar-refractivity contribution is 7.89. The van der Waals surface area contributed by atoms with E-state index >= 15 is 0 Å². The van der Waals surface area contributed by atoms with Gasteiger partial charge in [0.25, 0.3) is 5.91 Å². The van der Waals surface area contributed by atoms with E-state index in [4.69, 9.17) is 0 Å². The summed E-state index contributed by atoms with van der Waals surface area (Å²) in [5.41, 5.74) is 2.10. The third-order valence-corrected chi connectivity index (χ3v) is 8.22. The number of sulfonamides is 1. The van der Waals surface area contributed by atoms with Gasteiger partial charge in [-0.05, 0) is 74.4 Å². The minimum atomic E-state index is -3.42. The second kappa shape index (κ2) is 10.5. The summed E-state index contributed by atoms with van der Waals surface area (Å²) in [6, 6.07) is 13.9. The first kappa shape index (κ1) is 23.4. The number of carbonyl (C=O) groups excluding carboxylic acids is 2.